The highest BCUT2D eigenvalue weighted by Gasteiger charge is 2.25. The molecule has 24 heavy (non-hydrogen) atoms. The zero-order chi connectivity index (χ0) is 16.9. The average Bonchev–Trinajstić information content (AvgIpc) is 3.26. The second kappa shape index (κ2) is 7.59. The fourth-order valence-electron chi connectivity index (χ4n) is 2.64. The first-order valence-electron chi connectivity index (χ1n) is 7.96. The number of piperazine rings is 1. The Labute approximate surface area is 144 Å². The monoisotopic (exact) mass is 348 g/mol. The van der Waals surface area contributed by atoms with Crippen molar-refractivity contribution < 1.29 is 14.1 Å². The van der Waals surface area contributed by atoms with Crippen molar-refractivity contribution in [3.63, 3.8) is 0 Å². The second-order valence-electron chi connectivity index (χ2n) is 5.58. The molecule has 8 heteroatoms. The van der Waals surface area contributed by atoms with E-state index in [1.807, 2.05) is 24.4 Å². The highest BCUT2D eigenvalue weighted by atomic mass is 32.1. The van der Waals surface area contributed by atoms with E-state index in [-0.39, 0.29) is 11.8 Å². The number of nitrogens with one attached hydrogen (secondary N) is 1. The highest BCUT2D eigenvalue weighted by Crippen LogP contribution is 2.25. The predicted octanol–water partition coefficient (Wildman–Crippen LogP) is 1.30. The predicted molar refractivity (Wildman–Crippen MR) is 90.8 cm³/mol. The van der Waals surface area contributed by atoms with Crippen molar-refractivity contribution in [1.29, 1.82) is 0 Å². The third kappa shape index (κ3) is 3.82. The number of rotatable bonds is 5. The van der Waals surface area contributed by atoms with E-state index in [2.05, 4.69) is 15.4 Å². The van der Waals surface area contributed by atoms with Crippen LogP contribution in [0.1, 0.15) is 17.4 Å². The van der Waals surface area contributed by atoms with E-state index in [0.717, 1.165) is 4.88 Å². The van der Waals surface area contributed by atoms with Crippen LogP contribution >= 0.6 is 11.3 Å². The normalized spacial score (nSPS) is 15.5. The number of thiophene rings is 1. The summed E-state index contributed by atoms with van der Waals surface area (Å²) in [4.78, 5) is 28.9. The van der Waals surface area contributed by atoms with Gasteiger partial charge < -0.3 is 14.7 Å². The van der Waals surface area contributed by atoms with E-state index >= 15 is 0 Å². The average molecular weight is 348 g/mol. The van der Waals surface area contributed by atoms with Crippen LogP contribution in [0.3, 0.4) is 0 Å². The second-order valence-corrected chi connectivity index (χ2v) is 6.52. The molecule has 0 aromatic carbocycles. The lowest BCUT2D eigenvalue weighted by atomic mass is 10.2. The van der Waals surface area contributed by atoms with Crippen molar-refractivity contribution in [2.75, 3.05) is 39.3 Å². The third-order valence-corrected chi connectivity index (χ3v) is 4.78. The number of nitrogens with zero attached hydrogens (tertiary/aromatic N) is 3. The Kier molecular flexibility index (Phi) is 5.27. The quantitative estimate of drug-likeness (QED) is 0.881. The molecule has 3 rings (SSSR count). The minimum absolute atomic E-state index is 0.0226. The van der Waals surface area contributed by atoms with Gasteiger partial charge in [-0.2, -0.15) is 0 Å². The minimum Gasteiger partial charge on any atom is -0.355 e. The standard InChI is InChI=1S/C16H20N4O3S/c1-2-17-15(21)11-19-5-7-20(8-6-19)16(22)12-10-13(23-18-12)14-4-3-9-24-14/h3-4,9-10H,2,5-8,11H2,1H3,(H,17,21). The van der Waals surface area contributed by atoms with Crippen LogP contribution in [-0.4, -0.2) is 66.0 Å². The number of aromatic nitrogens is 1. The largest absolute Gasteiger partial charge is 0.355 e. The van der Waals surface area contributed by atoms with E-state index in [9.17, 15) is 9.59 Å². The third-order valence-electron chi connectivity index (χ3n) is 3.89. The van der Waals surface area contributed by atoms with Crippen LogP contribution in [0.25, 0.3) is 10.6 Å². The first-order chi connectivity index (χ1) is 11.7. The number of hydrogen-bond acceptors (Lipinski definition) is 6. The molecule has 1 fully saturated rings. The fraction of sp³-hybridized carbons (Fsp3) is 0.438. The Balaban J connectivity index is 1.55. The van der Waals surface area contributed by atoms with Crippen molar-refractivity contribution in [2.45, 2.75) is 6.92 Å². The maximum Gasteiger partial charge on any atom is 0.276 e. The van der Waals surface area contributed by atoms with Crippen molar-refractivity contribution in [3.05, 3.63) is 29.3 Å². The van der Waals surface area contributed by atoms with Gasteiger partial charge in [0.15, 0.2) is 11.5 Å². The van der Waals surface area contributed by atoms with Gasteiger partial charge in [-0.3, -0.25) is 14.5 Å². The Bertz CT molecular complexity index is 690. The van der Waals surface area contributed by atoms with Gasteiger partial charge in [0, 0.05) is 38.8 Å². The van der Waals surface area contributed by atoms with Gasteiger partial charge in [-0.25, -0.2) is 0 Å². The molecule has 0 radical (unpaired) electrons. The highest BCUT2D eigenvalue weighted by molar-refractivity contribution is 7.13. The molecule has 7 nitrogen and oxygen atoms in total. The topological polar surface area (TPSA) is 78.7 Å². The number of carbonyl (C=O) groups is 2. The molecule has 128 valence electrons. The van der Waals surface area contributed by atoms with Crippen LogP contribution in [-0.2, 0) is 4.79 Å². The van der Waals surface area contributed by atoms with Gasteiger partial charge in [0.05, 0.1) is 11.4 Å². The number of carbonyl (C=O) groups excluding carboxylic acids is 2. The van der Waals surface area contributed by atoms with Gasteiger partial charge in [-0.1, -0.05) is 11.2 Å². The molecule has 0 bridgehead atoms. The minimum atomic E-state index is -0.126. The zero-order valence-electron chi connectivity index (χ0n) is 13.5. The lowest BCUT2D eigenvalue weighted by Gasteiger charge is -2.33. The molecule has 3 heterocycles. The maximum absolute atomic E-state index is 12.5. The molecule has 2 amide bonds. The maximum atomic E-state index is 12.5. The van der Waals surface area contributed by atoms with Crippen molar-refractivity contribution in [3.8, 4) is 10.6 Å². The van der Waals surface area contributed by atoms with Gasteiger partial charge in [0.25, 0.3) is 5.91 Å². The van der Waals surface area contributed by atoms with Gasteiger partial charge in [0.2, 0.25) is 5.91 Å². The Hall–Kier alpha value is -2.19. The molecule has 0 saturated carbocycles. The van der Waals surface area contributed by atoms with Gasteiger partial charge in [-0.15, -0.1) is 11.3 Å². The van der Waals surface area contributed by atoms with Crippen molar-refractivity contribution in [1.82, 2.24) is 20.3 Å². The summed E-state index contributed by atoms with van der Waals surface area (Å²) < 4.78 is 5.27. The first kappa shape index (κ1) is 16.7. The van der Waals surface area contributed by atoms with E-state index in [1.165, 1.54) is 0 Å². The van der Waals surface area contributed by atoms with E-state index in [1.54, 1.807) is 22.3 Å². The van der Waals surface area contributed by atoms with Crippen LogP contribution in [0.5, 0.6) is 0 Å². The van der Waals surface area contributed by atoms with Crippen LogP contribution in [0.2, 0.25) is 0 Å². The Morgan fingerprint density at radius 1 is 1.33 bits per heavy atom. The van der Waals surface area contributed by atoms with Gasteiger partial charge in [0.1, 0.15) is 0 Å². The molecular formula is C16H20N4O3S. The molecule has 2 aromatic heterocycles. The van der Waals surface area contributed by atoms with E-state index < -0.39 is 0 Å². The molecule has 0 spiro atoms. The molecule has 0 aliphatic carbocycles. The van der Waals surface area contributed by atoms with Gasteiger partial charge in [-0.05, 0) is 18.4 Å². The van der Waals surface area contributed by atoms with Crippen LogP contribution < -0.4 is 5.32 Å². The summed E-state index contributed by atoms with van der Waals surface area (Å²) in [5.74, 6) is 0.511. The number of amides is 2. The summed E-state index contributed by atoms with van der Waals surface area (Å²) in [5, 5.41) is 8.64. The molecule has 2 aromatic rings. The first-order valence-corrected chi connectivity index (χ1v) is 8.84. The summed E-state index contributed by atoms with van der Waals surface area (Å²) in [6.07, 6.45) is 0. The summed E-state index contributed by atoms with van der Waals surface area (Å²) in [7, 11) is 0. The van der Waals surface area contributed by atoms with E-state index in [0.29, 0.717) is 50.7 Å². The van der Waals surface area contributed by atoms with E-state index in [4.69, 9.17) is 4.52 Å². The lowest BCUT2D eigenvalue weighted by Crippen LogP contribution is -2.51. The van der Waals surface area contributed by atoms with Crippen molar-refractivity contribution in [2.24, 2.45) is 0 Å². The van der Waals surface area contributed by atoms with Gasteiger partial charge >= 0.3 is 0 Å². The Morgan fingerprint density at radius 2 is 2.12 bits per heavy atom. The molecular weight excluding hydrogens is 328 g/mol. The molecule has 0 atom stereocenters. The smallest absolute Gasteiger partial charge is 0.276 e. The van der Waals surface area contributed by atoms with Crippen LogP contribution in [0.15, 0.2) is 28.1 Å². The molecule has 0 unspecified atom stereocenters. The SMILES string of the molecule is CCNC(=O)CN1CCN(C(=O)c2cc(-c3cccs3)on2)CC1. The summed E-state index contributed by atoms with van der Waals surface area (Å²) in [5.41, 5.74) is 0.329. The van der Waals surface area contributed by atoms with Crippen molar-refractivity contribution >= 4 is 23.2 Å². The molecule has 1 aliphatic heterocycles. The summed E-state index contributed by atoms with van der Waals surface area (Å²) >= 11 is 1.54. The molecule has 1 N–H and O–H groups in total. The summed E-state index contributed by atoms with van der Waals surface area (Å²) in [6, 6.07) is 5.55. The molecule has 1 saturated heterocycles. The number of likely N-dealkylation sites (N-methyl/N-ethyl adjacent to an activating group) is 1. The fourth-order valence-corrected chi connectivity index (χ4v) is 3.31. The Morgan fingerprint density at radius 3 is 2.79 bits per heavy atom. The lowest BCUT2D eigenvalue weighted by molar-refractivity contribution is -0.122. The summed E-state index contributed by atoms with van der Waals surface area (Å²) in [6.45, 7) is 5.44. The number of hydrogen-bond donors (Lipinski definition) is 1. The molecule has 1 aliphatic rings. The van der Waals surface area contributed by atoms with Crippen LogP contribution in [0, 0.1) is 0 Å². The zero-order valence-corrected chi connectivity index (χ0v) is 14.3. The van der Waals surface area contributed by atoms with Crippen LogP contribution in [0.4, 0.5) is 0 Å².